The van der Waals surface area contributed by atoms with Crippen molar-refractivity contribution in [1.82, 2.24) is 4.90 Å². The van der Waals surface area contributed by atoms with Gasteiger partial charge in [0.25, 0.3) is 0 Å². The van der Waals surface area contributed by atoms with Gasteiger partial charge in [-0.15, -0.1) is 0 Å². The molecule has 1 unspecified atom stereocenters. The molecule has 0 bridgehead atoms. The molecule has 0 fully saturated rings. The van der Waals surface area contributed by atoms with Crippen molar-refractivity contribution in [1.29, 1.82) is 0 Å². The van der Waals surface area contributed by atoms with Crippen molar-refractivity contribution in [2.45, 2.75) is 26.3 Å². The van der Waals surface area contributed by atoms with Gasteiger partial charge < -0.3 is 15.2 Å². The fourth-order valence-electron chi connectivity index (χ4n) is 2.42. The zero-order valence-electron chi connectivity index (χ0n) is 12.8. The molecule has 0 saturated heterocycles. The van der Waals surface area contributed by atoms with Crippen LogP contribution >= 0.6 is 15.9 Å². The van der Waals surface area contributed by atoms with Crippen LogP contribution in [-0.4, -0.2) is 38.8 Å². The molecule has 114 valence electrons. The predicted molar refractivity (Wildman–Crippen MR) is 86.6 cm³/mol. The number of likely N-dealkylation sites (N-methyl/N-ethyl adjacent to an activating group) is 1. The molecule has 4 nitrogen and oxygen atoms in total. The van der Waals surface area contributed by atoms with Crippen LogP contribution in [0.2, 0.25) is 0 Å². The second-order valence-electron chi connectivity index (χ2n) is 4.61. The van der Waals surface area contributed by atoms with E-state index in [0.717, 1.165) is 41.0 Å². The summed E-state index contributed by atoms with van der Waals surface area (Å²) in [6.45, 7) is 6.91. The first-order valence-corrected chi connectivity index (χ1v) is 7.77. The van der Waals surface area contributed by atoms with Gasteiger partial charge in [-0.1, -0.05) is 29.8 Å². The van der Waals surface area contributed by atoms with E-state index < -0.39 is 0 Å². The van der Waals surface area contributed by atoms with E-state index in [2.05, 4.69) is 34.7 Å². The van der Waals surface area contributed by atoms with Crippen molar-refractivity contribution < 1.29 is 9.47 Å². The van der Waals surface area contributed by atoms with Crippen LogP contribution in [0.5, 0.6) is 11.5 Å². The first kappa shape index (κ1) is 17.3. The fourth-order valence-corrected chi connectivity index (χ4v) is 3.01. The summed E-state index contributed by atoms with van der Waals surface area (Å²) in [5, 5.41) is 0. The molecule has 5 heteroatoms. The maximum atomic E-state index is 6.01. The van der Waals surface area contributed by atoms with Crippen molar-refractivity contribution in [3.8, 4) is 11.5 Å². The summed E-state index contributed by atoms with van der Waals surface area (Å²) in [7, 11) is 3.29. The number of rotatable bonds is 8. The Hall–Kier alpha value is -0.780. The molecule has 0 aliphatic rings. The van der Waals surface area contributed by atoms with Crippen LogP contribution < -0.4 is 15.2 Å². The average Bonchev–Trinajstić information content (AvgIpc) is 2.47. The molecule has 2 N–H and O–H groups in total. The van der Waals surface area contributed by atoms with Crippen LogP contribution in [0.25, 0.3) is 0 Å². The molecular formula is C15H25BrN2O2. The molecule has 1 aromatic carbocycles. The van der Waals surface area contributed by atoms with Crippen LogP contribution in [0.1, 0.15) is 31.9 Å². The Labute approximate surface area is 130 Å². The first-order chi connectivity index (χ1) is 9.62. The Morgan fingerprint density at radius 1 is 1.20 bits per heavy atom. The van der Waals surface area contributed by atoms with Gasteiger partial charge in [-0.2, -0.15) is 0 Å². The Morgan fingerprint density at radius 3 is 2.25 bits per heavy atom. The summed E-state index contributed by atoms with van der Waals surface area (Å²) in [5.41, 5.74) is 7.15. The SMILES string of the molecule is CCCN(CC)C(CN)c1cc(OC)c(OC)cc1Br. The largest absolute Gasteiger partial charge is 0.493 e. The summed E-state index contributed by atoms with van der Waals surface area (Å²) in [6.07, 6.45) is 1.11. The molecule has 0 saturated carbocycles. The van der Waals surface area contributed by atoms with Gasteiger partial charge in [0.15, 0.2) is 11.5 Å². The first-order valence-electron chi connectivity index (χ1n) is 6.98. The van der Waals surface area contributed by atoms with Gasteiger partial charge in [0.2, 0.25) is 0 Å². The lowest BCUT2D eigenvalue weighted by atomic mass is 10.0. The molecule has 1 atom stereocenters. The molecule has 1 rings (SSSR count). The molecule has 0 aliphatic carbocycles. The van der Waals surface area contributed by atoms with Crippen LogP contribution in [0.3, 0.4) is 0 Å². The molecule has 0 aliphatic heterocycles. The zero-order valence-corrected chi connectivity index (χ0v) is 14.4. The summed E-state index contributed by atoms with van der Waals surface area (Å²) >= 11 is 3.62. The molecule has 1 aromatic rings. The van der Waals surface area contributed by atoms with Crippen molar-refractivity contribution >= 4 is 15.9 Å². The number of ether oxygens (including phenoxy) is 2. The third-order valence-electron chi connectivity index (χ3n) is 3.44. The number of methoxy groups -OCH3 is 2. The highest BCUT2D eigenvalue weighted by molar-refractivity contribution is 9.10. The van der Waals surface area contributed by atoms with Gasteiger partial charge in [0.1, 0.15) is 0 Å². The smallest absolute Gasteiger partial charge is 0.161 e. The van der Waals surface area contributed by atoms with E-state index in [9.17, 15) is 0 Å². The van der Waals surface area contributed by atoms with E-state index in [0.29, 0.717) is 6.54 Å². The van der Waals surface area contributed by atoms with Crippen LogP contribution in [-0.2, 0) is 0 Å². The van der Waals surface area contributed by atoms with Crippen LogP contribution in [0, 0.1) is 0 Å². The minimum absolute atomic E-state index is 0.175. The van der Waals surface area contributed by atoms with Gasteiger partial charge in [-0.25, -0.2) is 0 Å². The number of halogens is 1. The van der Waals surface area contributed by atoms with E-state index in [-0.39, 0.29) is 6.04 Å². The summed E-state index contributed by atoms with van der Waals surface area (Å²) in [6, 6.07) is 4.13. The molecule has 0 aromatic heterocycles. The Morgan fingerprint density at radius 2 is 1.80 bits per heavy atom. The highest BCUT2D eigenvalue weighted by atomic mass is 79.9. The second kappa shape index (κ2) is 8.49. The quantitative estimate of drug-likeness (QED) is 0.786. The summed E-state index contributed by atoms with van der Waals surface area (Å²) in [4.78, 5) is 2.38. The highest BCUT2D eigenvalue weighted by Crippen LogP contribution is 2.37. The van der Waals surface area contributed by atoms with Gasteiger partial charge in [-0.3, -0.25) is 4.90 Å². The normalized spacial score (nSPS) is 12.6. The fraction of sp³-hybridized carbons (Fsp3) is 0.600. The van der Waals surface area contributed by atoms with E-state index in [1.54, 1.807) is 14.2 Å². The van der Waals surface area contributed by atoms with Crippen molar-refractivity contribution in [3.05, 3.63) is 22.2 Å². The molecule has 0 radical (unpaired) electrons. The lowest BCUT2D eigenvalue weighted by molar-refractivity contribution is 0.211. The standard InChI is InChI=1S/C15H25BrN2O2/c1-5-7-18(6-2)13(10-17)11-8-14(19-3)15(20-4)9-12(11)16/h8-9,13H,5-7,10,17H2,1-4H3. The monoisotopic (exact) mass is 344 g/mol. The van der Waals surface area contributed by atoms with Gasteiger partial charge in [0.05, 0.1) is 14.2 Å². The average molecular weight is 345 g/mol. The second-order valence-corrected chi connectivity index (χ2v) is 5.46. The van der Waals surface area contributed by atoms with E-state index in [1.165, 1.54) is 0 Å². The van der Waals surface area contributed by atoms with E-state index >= 15 is 0 Å². The molecule has 0 heterocycles. The summed E-state index contributed by atoms with van der Waals surface area (Å²) in [5.74, 6) is 1.45. The topological polar surface area (TPSA) is 47.7 Å². The predicted octanol–water partition coefficient (Wildman–Crippen LogP) is 3.20. The van der Waals surface area contributed by atoms with Crippen molar-refractivity contribution in [2.24, 2.45) is 5.73 Å². The molecule has 0 amide bonds. The minimum Gasteiger partial charge on any atom is -0.493 e. The van der Waals surface area contributed by atoms with Gasteiger partial charge in [-0.05, 0) is 37.2 Å². The number of hydrogen-bond donors (Lipinski definition) is 1. The Balaban J connectivity index is 3.20. The maximum absolute atomic E-state index is 6.01. The van der Waals surface area contributed by atoms with E-state index in [1.807, 2.05) is 12.1 Å². The number of hydrogen-bond acceptors (Lipinski definition) is 4. The van der Waals surface area contributed by atoms with E-state index in [4.69, 9.17) is 15.2 Å². The van der Waals surface area contributed by atoms with Gasteiger partial charge >= 0.3 is 0 Å². The van der Waals surface area contributed by atoms with Crippen LogP contribution in [0.15, 0.2) is 16.6 Å². The van der Waals surface area contributed by atoms with Crippen molar-refractivity contribution in [2.75, 3.05) is 33.9 Å². The maximum Gasteiger partial charge on any atom is 0.161 e. The minimum atomic E-state index is 0.175. The summed E-state index contributed by atoms with van der Waals surface area (Å²) < 4.78 is 11.7. The number of nitrogens with two attached hydrogens (primary N) is 1. The number of benzene rings is 1. The lowest BCUT2D eigenvalue weighted by Gasteiger charge is -2.31. The third kappa shape index (κ3) is 3.87. The molecular weight excluding hydrogens is 320 g/mol. The number of nitrogens with zero attached hydrogens (tertiary/aromatic N) is 1. The Bertz CT molecular complexity index is 427. The lowest BCUT2D eigenvalue weighted by Crippen LogP contribution is -2.34. The molecule has 20 heavy (non-hydrogen) atoms. The highest BCUT2D eigenvalue weighted by Gasteiger charge is 2.21. The van der Waals surface area contributed by atoms with Crippen LogP contribution in [0.4, 0.5) is 0 Å². The Kier molecular flexibility index (Phi) is 7.34. The third-order valence-corrected chi connectivity index (χ3v) is 4.13. The molecule has 0 spiro atoms. The zero-order chi connectivity index (χ0) is 15.1. The van der Waals surface area contributed by atoms with Gasteiger partial charge in [0, 0.05) is 17.1 Å². The van der Waals surface area contributed by atoms with Crippen molar-refractivity contribution in [3.63, 3.8) is 0 Å².